The molecule has 112 valence electrons. The van der Waals surface area contributed by atoms with Gasteiger partial charge < -0.3 is 24.3 Å². The molecular formula is C14H16FN3O2S. The number of halogens is 1. The van der Waals surface area contributed by atoms with Gasteiger partial charge in [0.1, 0.15) is 5.82 Å². The quantitative estimate of drug-likeness (QED) is 0.795. The first kappa shape index (κ1) is 13.2. The van der Waals surface area contributed by atoms with Crippen molar-refractivity contribution in [3.63, 3.8) is 0 Å². The van der Waals surface area contributed by atoms with Crippen LogP contribution in [0.1, 0.15) is 12.8 Å². The van der Waals surface area contributed by atoms with Crippen molar-refractivity contribution < 1.29 is 13.9 Å². The average Bonchev–Trinajstić information content (AvgIpc) is 3.05. The van der Waals surface area contributed by atoms with Crippen molar-refractivity contribution in [2.24, 2.45) is 0 Å². The maximum absolute atomic E-state index is 14.3. The Hall–Kier alpha value is -1.44. The van der Waals surface area contributed by atoms with Crippen LogP contribution >= 0.6 is 12.2 Å². The second-order valence-corrected chi connectivity index (χ2v) is 5.93. The molecule has 2 saturated heterocycles. The van der Waals surface area contributed by atoms with E-state index >= 15 is 0 Å². The Morgan fingerprint density at radius 2 is 1.71 bits per heavy atom. The number of ether oxygens (including phenoxy) is 2. The van der Waals surface area contributed by atoms with Crippen molar-refractivity contribution in [2.45, 2.75) is 18.6 Å². The van der Waals surface area contributed by atoms with Crippen LogP contribution in [0.15, 0.2) is 12.1 Å². The molecule has 2 aliphatic heterocycles. The number of hydrogen-bond donors (Lipinski definition) is 2. The zero-order valence-electron chi connectivity index (χ0n) is 11.4. The first-order valence-electron chi connectivity index (χ1n) is 7.10. The molecule has 0 aliphatic carbocycles. The Morgan fingerprint density at radius 3 is 2.38 bits per heavy atom. The van der Waals surface area contributed by atoms with Crippen LogP contribution in [0.5, 0.6) is 0 Å². The molecule has 1 spiro atoms. The van der Waals surface area contributed by atoms with Gasteiger partial charge in [0, 0.05) is 32.0 Å². The highest BCUT2D eigenvalue weighted by Crippen LogP contribution is 2.34. The van der Waals surface area contributed by atoms with E-state index in [1.165, 1.54) is 6.07 Å². The summed E-state index contributed by atoms with van der Waals surface area (Å²) in [4.78, 5) is 8.00. The van der Waals surface area contributed by atoms with Crippen molar-refractivity contribution in [1.29, 1.82) is 0 Å². The first-order valence-corrected chi connectivity index (χ1v) is 7.50. The van der Waals surface area contributed by atoms with Gasteiger partial charge in [-0.1, -0.05) is 0 Å². The van der Waals surface area contributed by atoms with Crippen molar-refractivity contribution in [3.05, 3.63) is 22.7 Å². The standard InChI is InChI=1S/C14H16FN3O2S/c15-9-7-10-11(17-13(21)16-10)8-12(9)18-3-1-14(2-4-18)19-5-6-20-14/h7-8H,1-6H2,(H2,16,17,21). The Bertz CT molecular complexity index is 725. The summed E-state index contributed by atoms with van der Waals surface area (Å²) in [5.41, 5.74) is 2.11. The average molecular weight is 309 g/mol. The largest absolute Gasteiger partial charge is 0.369 e. The summed E-state index contributed by atoms with van der Waals surface area (Å²) in [6.07, 6.45) is 1.52. The fourth-order valence-corrected chi connectivity index (χ4v) is 3.38. The van der Waals surface area contributed by atoms with E-state index in [-0.39, 0.29) is 5.82 Å². The number of imidazole rings is 1. The summed E-state index contributed by atoms with van der Waals surface area (Å²) < 4.78 is 26.2. The zero-order valence-corrected chi connectivity index (χ0v) is 12.3. The molecule has 1 aromatic carbocycles. The van der Waals surface area contributed by atoms with E-state index < -0.39 is 5.79 Å². The van der Waals surface area contributed by atoms with Gasteiger partial charge in [0.05, 0.1) is 29.9 Å². The molecular weight excluding hydrogens is 293 g/mol. The van der Waals surface area contributed by atoms with Gasteiger partial charge in [0.15, 0.2) is 10.6 Å². The smallest absolute Gasteiger partial charge is 0.175 e. The SMILES string of the molecule is Fc1cc2[nH]c(=S)[nH]c2cc1N1CCC2(CC1)OCCO2. The summed E-state index contributed by atoms with van der Waals surface area (Å²) in [6, 6.07) is 3.30. The van der Waals surface area contributed by atoms with E-state index in [9.17, 15) is 4.39 Å². The minimum absolute atomic E-state index is 0.239. The van der Waals surface area contributed by atoms with Crippen LogP contribution in [0.25, 0.3) is 11.0 Å². The highest BCUT2D eigenvalue weighted by Gasteiger charge is 2.40. The molecule has 7 heteroatoms. The number of aromatic amines is 2. The lowest BCUT2D eigenvalue weighted by Gasteiger charge is -2.38. The number of piperidine rings is 1. The lowest BCUT2D eigenvalue weighted by Crippen LogP contribution is -2.45. The fraction of sp³-hybridized carbons (Fsp3) is 0.500. The second kappa shape index (κ2) is 4.79. The van der Waals surface area contributed by atoms with Gasteiger partial charge in [0.25, 0.3) is 0 Å². The summed E-state index contributed by atoms with van der Waals surface area (Å²) in [6.45, 7) is 2.74. The third kappa shape index (κ3) is 2.25. The molecule has 0 bridgehead atoms. The fourth-order valence-electron chi connectivity index (χ4n) is 3.16. The van der Waals surface area contributed by atoms with Crippen molar-refractivity contribution in [1.82, 2.24) is 9.97 Å². The molecule has 0 saturated carbocycles. The minimum Gasteiger partial charge on any atom is -0.369 e. The number of benzene rings is 1. The van der Waals surface area contributed by atoms with Crippen molar-refractivity contribution in [3.8, 4) is 0 Å². The lowest BCUT2D eigenvalue weighted by molar-refractivity contribution is -0.169. The number of aromatic nitrogens is 2. The van der Waals surface area contributed by atoms with Gasteiger partial charge in [-0.2, -0.15) is 0 Å². The van der Waals surface area contributed by atoms with Gasteiger partial charge in [-0.3, -0.25) is 0 Å². The Kier molecular flexibility index (Phi) is 3.02. The van der Waals surface area contributed by atoms with Gasteiger partial charge in [-0.05, 0) is 18.3 Å². The molecule has 2 aliphatic rings. The van der Waals surface area contributed by atoms with Crippen LogP contribution in [-0.4, -0.2) is 42.1 Å². The van der Waals surface area contributed by atoms with Crippen LogP contribution in [0.4, 0.5) is 10.1 Å². The third-order valence-electron chi connectivity index (χ3n) is 4.26. The number of hydrogen-bond acceptors (Lipinski definition) is 4. The molecule has 5 nitrogen and oxygen atoms in total. The Morgan fingerprint density at radius 1 is 1.10 bits per heavy atom. The molecule has 4 rings (SSSR count). The molecule has 1 aromatic heterocycles. The summed E-state index contributed by atoms with van der Waals surface area (Å²) >= 11 is 5.04. The number of rotatable bonds is 1. The van der Waals surface area contributed by atoms with E-state index in [2.05, 4.69) is 9.97 Å². The molecule has 21 heavy (non-hydrogen) atoms. The van der Waals surface area contributed by atoms with Crippen LogP contribution in [0, 0.1) is 10.6 Å². The van der Waals surface area contributed by atoms with Gasteiger partial charge in [-0.15, -0.1) is 0 Å². The van der Waals surface area contributed by atoms with Crippen LogP contribution < -0.4 is 4.90 Å². The van der Waals surface area contributed by atoms with E-state index in [1.807, 2.05) is 11.0 Å². The minimum atomic E-state index is -0.439. The van der Waals surface area contributed by atoms with Gasteiger partial charge in [-0.25, -0.2) is 4.39 Å². The molecule has 0 amide bonds. The highest BCUT2D eigenvalue weighted by atomic mass is 32.1. The number of anilines is 1. The summed E-state index contributed by atoms with van der Waals surface area (Å²) in [5.74, 6) is -0.678. The van der Waals surface area contributed by atoms with E-state index in [1.54, 1.807) is 0 Å². The van der Waals surface area contributed by atoms with E-state index in [0.717, 1.165) is 18.4 Å². The highest BCUT2D eigenvalue weighted by molar-refractivity contribution is 7.71. The van der Waals surface area contributed by atoms with E-state index in [4.69, 9.17) is 21.7 Å². The molecule has 3 heterocycles. The van der Waals surface area contributed by atoms with Gasteiger partial charge in [0.2, 0.25) is 0 Å². The molecule has 2 aromatic rings. The molecule has 0 atom stereocenters. The maximum Gasteiger partial charge on any atom is 0.175 e. The molecule has 0 radical (unpaired) electrons. The molecule has 2 N–H and O–H groups in total. The predicted molar refractivity (Wildman–Crippen MR) is 79.5 cm³/mol. The van der Waals surface area contributed by atoms with Crippen molar-refractivity contribution in [2.75, 3.05) is 31.2 Å². The second-order valence-electron chi connectivity index (χ2n) is 5.52. The number of H-pyrrole nitrogens is 2. The summed E-state index contributed by atoms with van der Waals surface area (Å²) in [5, 5.41) is 0. The Balaban J connectivity index is 1.61. The number of fused-ring (bicyclic) bond motifs is 1. The predicted octanol–water partition coefficient (Wildman–Crippen LogP) is 2.71. The number of nitrogens with one attached hydrogen (secondary N) is 2. The maximum atomic E-state index is 14.3. The van der Waals surface area contributed by atoms with E-state index in [0.29, 0.717) is 42.3 Å². The molecule has 0 unspecified atom stereocenters. The molecule has 2 fully saturated rings. The topological polar surface area (TPSA) is 53.3 Å². The van der Waals surface area contributed by atoms with Crippen LogP contribution in [0.3, 0.4) is 0 Å². The van der Waals surface area contributed by atoms with Crippen LogP contribution in [0.2, 0.25) is 0 Å². The normalized spacial score (nSPS) is 21.5. The zero-order chi connectivity index (χ0) is 14.4. The number of nitrogens with zero attached hydrogens (tertiary/aromatic N) is 1. The third-order valence-corrected chi connectivity index (χ3v) is 4.47. The monoisotopic (exact) mass is 309 g/mol. The van der Waals surface area contributed by atoms with Crippen molar-refractivity contribution >= 4 is 28.9 Å². The lowest BCUT2D eigenvalue weighted by atomic mass is 10.0. The summed E-state index contributed by atoms with van der Waals surface area (Å²) in [7, 11) is 0. The first-order chi connectivity index (χ1) is 10.2. The van der Waals surface area contributed by atoms with Crippen LogP contribution in [-0.2, 0) is 9.47 Å². The Labute approximate surface area is 126 Å². The van der Waals surface area contributed by atoms with Gasteiger partial charge >= 0.3 is 0 Å².